The number of aliphatic carboxylic acids is 1. The van der Waals surface area contributed by atoms with Crippen LogP contribution in [0.1, 0.15) is 39.0 Å². The van der Waals surface area contributed by atoms with Gasteiger partial charge in [0.25, 0.3) is 0 Å². The highest BCUT2D eigenvalue weighted by Crippen LogP contribution is 2.03. The highest BCUT2D eigenvalue weighted by molar-refractivity contribution is 5.78. The van der Waals surface area contributed by atoms with Gasteiger partial charge in [0.2, 0.25) is 5.91 Å². The average molecular weight is 245 g/mol. The molecule has 0 radical (unpaired) electrons. The van der Waals surface area contributed by atoms with Gasteiger partial charge in [0.05, 0.1) is 6.42 Å². The van der Waals surface area contributed by atoms with Crippen LogP contribution in [-0.2, 0) is 14.3 Å². The molecule has 0 aromatic heterocycles. The second kappa shape index (κ2) is 10.1. The molecular weight excluding hydrogens is 222 g/mol. The van der Waals surface area contributed by atoms with Crippen molar-refractivity contribution in [3.8, 4) is 0 Å². The molecule has 0 saturated carbocycles. The molecule has 0 rings (SSSR count). The third kappa shape index (κ3) is 8.68. The highest BCUT2D eigenvalue weighted by Gasteiger charge is 2.13. The molecule has 0 fully saturated rings. The van der Waals surface area contributed by atoms with E-state index in [0.717, 1.165) is 25.7 Å². The van der Waals surface area contributed by atoms with Crippen molar-refractivity contribution in [2.75, 3.05) is 26.8 Å². The molecule has 100 valence electrons. The maximum atomic E-state index is 11.6. The third-order valence-electron chi connectivity index (χ3n) is 2.50. The molecule has 5 nitrogen and oxygen atoms in total. The predicted octanol–water partition coefficient (Wildman–Crippen LogP) is 1.52. The smallest absolute Gasteiger partial charge is 0.305 e. The molecule has 0 aliphatic rings. The zero-order valence-electron chi connectivity index (χ0n) is 10.8. The van der Waals surface area contributed by atoms with Gasteiger partial charge < -0.3 is 14.7 Å². The van der Waals surface area contributed by atoms with E-state index in [1.54, 1.807) is 4.90 Å². The van der Waals surface area contributed by atoms with Crippen molar-refractivity contribution in [2.45, 2.75) is 39.0 Å². The van der Waals surface area contributed by atoms with Crippen LogP contribution in [0.2, 0.25) is 0 Å². The fourth-order valence-electron chi connectivity index (χ4n) is 1.54. The highest BCUT2D eigenvalue weighted by atomic mass is 16.5. The Morgan fingerprint density at radius 2 is 1.88 bits per heavy atom. The Labute approximate surface area is 103 Å². The largest absolute Gasteiger partial charge is 0.481 e. The third-order valence-corrected chi connectivity index (χ3v) is 2.50. The first-order valence-electron chi connectivity index (χ1n) is 6.10. The normalized spacial score (nSPS) is 10.2. The van der Waals surface area contributed by atoms with Gasteiger partial charge in [-0.05, 0) is 6.42 Å². The Bertz CT molecular complexity index is 231. The average Bonchev–Trinajstić information content (AvgIpc) is 2.28. The number of nitrogens with zero attached hydrogens (tertiary/aromatic N) is 1. The topological polar surface area (TPSA) is 66.8 Å². The predicted molar refractivity (Wildman–Crippen MR) is 64.9 cm³/mol. The van der Waals surface area contributed by atoms with E-state index in [4.69, 9.17) is 9.84 Å². The number of hydrogen-bond acceptors (Lipinski definition) is 3. The lowest BCUT2D eigenvalue weighted by Gasteiger charge is -2.21. The van der Waals surface area contributed by atoms with Gasteiger partial charge in [0.15, 0.2) is 0 Å². The van der Waals surface area contributed by atoms with Crippen molar-refractivity contribution in [2.24, 2.45) is 0 Å². The van der Waals surface area contributed by atoms with Crippen molar-refractivity contribution in [1.82, 2.24) is 4.90 Å². The van der Waals surface area contributed by atoms with E-state index >= 15 is 0 Å². The molecule has 0 heterocycles. The minimum absolute atomic E-state index is 0.0107. The summed E-state index contributed by atoms with van der Waals surface area (Å²) in [6.45, 7) is 3.03. The molecule has 1 N–H and O–H groups in total. The summed E-state index contributed by atoms with van der Waals surface area (Å²) in [5, 5.41) is 8.61. The number of carbonyl (C=O) groups is 2. The van der Waals surface area contributed by atoms with Crippen molar-refractivity contribution in [3.63, 3.8) is 0 Å². The second-order valence-electron chi connectivity index (χ2n) is 4.02. The zero-order chi connectivity index (χ0) is 13.1. The Kier molecular flexibility index (Phi) is 9.43. The number of hydrogen-bond donors (Lipinski definition) is 1. The Hall–Kier alpha value is -1.10. The first-order chi connectivity index (χ1) is 8.11. The van der Waals surface area contributed by atoms with E-state index in [1.807, 2.05) is 0 Å². The molecule has 0 unspecified atom stereocenters. The number of methoxy groups -OCH3 is 1. The van der Waals surface area contributed by atoms with Gasteiger partial charge >= 0.3 is 5.97 Å². The lowest BCUT2D eigenvalue weighted by atomic mass is 10.2. The van der Waals surface area contributed by atoms with Gasteiger partial charge in [0, 0.05) is 20.2 Å². The fraction of sp³-hybridized carbons (Fsp3) is 0.833. The van der Waals surface area contributed by atoms with Crippen molar-refractivity contribution >= 4 is 11.9 Å². The van der Waals surface area contributed by atoms with E-state index in [1.165, 1.54) is 7.11 Å². The minimum Gasteiger partial charge on any atom is -0.481 e. The van der Waals surface area contributed by atoms with Gasteiger partial charge in [-0.3, -0.25) is 9.59 Å². The van der Waals surface area contributed by atoms with Crippen LogP contribution in [0.3, 0.4) is 0 Å². The summed E-state index contributed by atoms with van der Waals surface area (Å²) in [5.74, 6) is -1.01. The SMILES string of the molecule is CCCCCCN(CCC(=O)O)C(=O)COC. The van der Waals surface area contributed by atoms with Crippen molar-refractivity contribution in [1.29, 1.82) is 0 Å². The van der Waals surface area contributed by atoms with Gasteiger partial charge in [-0.1, -0.05) is 26.2 Å². The van der Waals surface area contributed by atoms with Gasteiger partial charge in [0.1, 0.15) is 6.61 Å². The number of carboxylic acids is 1. The zero-order valence-corrected chi connectivity index (χ0v) is 10.8. The molecule has 0 aromatic rings. The summed E-state index contributed by atoms with van der Waals surface area (Å²) in [5.41, 5.74) is 0. The van der Waals surface area contributed by atoms with E-state index in [9.17, 15) is 9.59 Å². The molecule has 0 atom stereocenters. The summed E-state index contributed by atoms with van der Waals surface area (Å²) in [7, 11) is 1.46. The molecule has 17 heavy (non-hydrogen) atoms. The number of carbonyl (C=O) groups excluding carboxylic acids is 1. The summed E-state index contributed by atoms with van der Waals surface area (Å²) in [6.07, 6.45) is 4.26. The van der Waals surface area contributed by atoms with Crippen LogP contribution in [0, 0.1) is 0 Å². The fourth-order valence-corrected chi connectivity index (χ4v) is 1.54. The molecule has 0 aliphatic carbocycles. The monoisotopic (exact) mass is 245 g/mol. The maximum Gasteiger partial charge on any atom is 0.305 e. The molecular formula is C12H23NO4. The van der Waals surface area contributed by atoms with E-state index in [0.29, 0.717) is 6.54 Å². The molecule has 0 saturated heterocycles. The number of carboxylic acid groups (broad SMARTS) is 1. The summed E-state index contributed by atoms with van der Waals surface area (Å²) < 4.78 is 4.78. The number of ether oxygens (including phenoxy) is 1. The Balaban J connectivity index is 4.00. The summed E-state index contributed by atoms with van der Waals surface area (Å²) in [4.78, 5) is 23.7. The molecule has 0 spiro atoms. The standard InChI is InChI=1S/C12H23NO4/c1-3-4-5-6-8-13(9-7-12(15)16)11(14)10-17-2/h3-10H2,1-2H3,(H,15,16). The van der Waals surface area contributed by atoms with Crippen LogP contribution < -0.4 is 0 Å². The van der Waals surface area contributed by atoms with Crippen LogP contribution in [-0.4, -0.2) is 48.7 Å². The first kappa shape index (κ1) is 15.9. The lowest BCUT2D eigenvalue weighted by Crippen LogP contribution is -2.36. The second-order valence-corrected chi connectivity index (χ2v) is 4.02. The van der Waals surface area contributed by atoms with Crippen molar-refractivity contribution in [3.05, 3.63) is 0 Å². The molecule has 0 aliphatic heterocycles. The quantitative estimate of drug-likeness (QED) is 0.592. The lowest BCUT2D eigenvalue weighted by molar-refractivity contribution is -0.139. The van der Waals surface area contributed by atoms with Crippen LogP contribution in [0.15, 0.2) is 0 Å². The number of rotatable bonds is 10. The minimum atomic E-state index is -0.881. The van der Waals surface area contributed by atoms with Gasteiger partial charge in [-0.15, -0.1) is 0 Å². The summed E-state index contributed by atoms with van der Waals surface area (Å²) >= 11 is 0. The van der Waals surface area contributed by atoms with Crippen LogP contribution in [0.5, 0.6) is 0 Å². The van der Waals surface area contributed by atoms with Crippen LogP contribution >= 0.6 is 0 Å². The van der Waals surface area contributed by atoms with E-state index < -0.39 is 5.97 Å². The van der Waals surface area contributed by atoms with Crippen LogP contribution in [0.4, 0.5) is 0 Å². The number of unbranched alkanes of at least 4 members (excludes halogenated alkanes) is 3. The van der Waals surface area contributed by atoms with Gasteiger partial charge in [-0.25, -0.2) is 0 Å². The van der Waals surface area contributed by atoms with E-state index in [2.05, 4.69) is 6.92 Å². The maximum absolute atomic E-state index is 11.6. The first-order valence-corrected chi connectivity index (χ1v) is 6.10. The van der Waals surface area contributed by atoms with Gasteiger partial charge in [-0.2, -0.15) is 0 Å². The molecule has 0 bridgehead atoms. The van der Waals surface area contributed by atoms with Crippen molar-refractivity contribution < 1.29 is 19.4 Å². The summed E-state index contributed by atoms with van der Waals surface area (Å²) in [6, 6.07) is 0. The molecule has 0 aromatic carbocycles. The molecule has 1 amide bonds. The van der Waals surface area contributed by atoms with E-state index in [-0.39, 0.29) is 25.5 Å². The Morgan fingerprint density at radius 3 is 2.41 bits per heavy atom. The van der Waals surface area contributed by atoms with Crippen LogP contribution in [0.25, 0.3) is 0 Å². The molecule has 5 heteroatoms. The number of amides is 1. The Morgan fingerprint density at radius 1 is 1.18 bits per heavy atom.